The molecule has 1 aromatic carbocycles. The lowest BCUT2D eigenvalue weighted by Crippen LogP contribution is -2.34. The molecule has 0 radical (unpaired) electrons. The second kappa shape index (κ2) is 7.09. The normalized spacial score (nSPS) is 19.5. The number of rotatable bonds is 4. The van der Waals surface area contributed by atoms with Crippen LogP contribution in [0.4, 0.5) is 10.5 Å². The third-order valence-corrected chi connectivity index (χ3v) is 4.96. The molecule has 0 bridgehead atoms. The first-order valence-electron chi connectivity index (χ1n) is 7.75. The van der Waals surface area contributed by atoms with Crippen molar-refractivity contribution in [3.05, 3.63) is 34.7 Å². The first kappa shape index (κ1) is 16.6. The van der Waals surface area contributed by atoms with Gasteiger partial charge in [0.1, 0.15) is 6.54 Å². The number of benzene rings is 1. The summed E-state index contributed by atoms with van der Waals surface area (Å²) in [5.41, 5.74) is 2.02. The molecule has 2 aliphatic heterocycles. The van der Waals surface area contributed by atoms with Gasteiger partial charge in [0.25, 0.3) is 11.1 Å². The maximum Gasteiger partial charge on any atom is 0.325 e. The quantitative estimate of drug-likeness (QED) is 0.616. The van der Waals surface area contributed by atoms with E-state index in [1.54, 1.807) is 6.08 Å². The second-order valence-corrected chi connectivity index (χ2v) is 6.62. The van der Waals surface area contributed by atoms with Gasteiger partial charge < -0.3 is 9.64 Å². The summed E-state index contributed by atoms with van der Waals surface area (Å²) in [5.74, 6) is -1.08. The van der Waals surface area contributed by atoms with Crippen LogP contribution in [-0.2, 0) is 14.3 Å². The Bertz CT molecular complexity index is 693. The molecule has 0 atom stereocenters. The largest absolute Gasteiger partial charge is 0.468 e. The zero-order chi connectivity index (χ0) is 17.1. The lowest BCUT2D eigenvalue weighted by atomic mass is 10.2. The number of carbonyl (C=O) groups excluding carboxylic acids is 3. The van der Waals surface area contributed by atoms with Crippen LogP contribution < -0.4 is 4.90 Å². The molecule has 0 aromatic heterocycles. The molecular weight excluding hydrogens is 328 g/mol. The Morgan fingerprint density at radius 1 is 1.21 bits per heavy atom. The fourth-order valence-electron chi connectivity index (χ4n) is 2.74. The molecular formula is C17H18N2O4S. The van der Waals surface area contributed by atoms with Crippen LogP contribution in [0.25, 0.3) is 6.08 Å². The topological polar surface area (TPSA) is 66.9 Å². The molecule has 0 saturated carbocycles. The molecule has 3 rings (SSSR count). The zero-order valence-corrected chi connectivity index (χ0v) is 14.2. The SMILES string of the molecule is COC(=O)CN1C(=O)S/C(=C/c2ccc(N3CCCC3)cc2)C1=O. The van der Waals surface area contributed by atoms with Gasteiger partial charge in [0.2, 0.25) is 0 Å². The van der Waals surface area contributed by atoms with Gasteiger partial charge in [0.15, 0.2) is 0 Å². The second-order valence-electron chi connectivity index (χ2n) is 5.63. The average Bonchev–Trinajstić information content (AvgIpc) is 3.20. The highest BCUT2D eigenvalue weighted by atomic mass is 32.2. The Kier molecular flexibility index (Phi) is 4.89. The summed E-state index contributed by atoms with van der Waals surface area (Å²) in [4.78, 5) is 39.0. The third-order valence-electron chi connectivity index (χ3n) is 4.05. The minimum Gasteiger partial charge on any atom is -0.468 e. The number of ether oxygens (including phenoxy) is 1. The number of esters is 1. The summed E-state index contributed by atoms with van der Waals surface area (Å²) in [6.45, 7) is 1.80. The molecule has 2 amide bonds. The van der Waals surface area contributed by atoms with E-state index in [0.29, 0.717) is 4.91 Å². The molecule has 0 aliphatic carbocycles. The van der Waals surface area contributed by atoms with Crippen LogP contribution >= 0.6 is 11.8 Å². The molecule has 7 heteroatoms. The van der Waals surface area contributed by atoms with Crippen molar-refractivity contribution in [2.45, 2.75) is 12.8 Å². The number of imide groups is 1. The van der Waals surface area contributed by atoms with Gasteiger partial charge in [0, 0.05) is 18.8 Å². The van der Waals surface area contributed by atoms with Crippen molar-refractivity contribution in [2.24, 2.45) is 0 Å². The van der Waals surface area contributed by atoms with E-state index in [1.807, 2.05) is 24.3 Å². The molecule has 2 saturated heterocycles. The molecule has 24 heavy (non-hydrogen) atoms. The predicted octanol–water partition coefficient (Wildman–Crippen LogP) is 2.50. The average molecular weight is 346 g/mol. The van der Waals surface area contributed by atoms with Crippen molar-refractivity contribution in [3.8, 4) is 0 Å². The Morgan fingerprint density at radius 2 is 1.88 bits per heavy atom. The summed E-state index contributed by atoms with van der Waals surface area (Å²) < 4.78 is 4.51. The fourth-order valence-corrected chi connectivity index (χ4v) is 3.58. The van der Waals surface area contributed by atoms with Crippen molar-refractivity contribution >= 4 is 40.6 Å². The smallest absolute Gasteiger partial charge is 0.325 e. The van der Waals surface area contributed by atoms with E-state index in [4.69, 9.17) is 0 Å². The van der Waals surface area contributed by atoms with Crippen LogP contribution in [0.15, 0.2) is 29.2 Å². The number of methoxy groups -OCH3 is 1. The predicted molar refractivity (Wildman–Crippen MR) is 92.6 cm³/mol. The first-order valence-corrected chi connectivity index (χ1v) is 8.57. The van der Waals surface area contributed by atoms with E-state index < -0.39 is 17.1 Å². The van der Waals surface area contributed by atoms with E-state index in [2.05, 4.69) is 9.64 Å². The summed E-state index contributed by atoms with van der Waals surface area (Å²) in [5, 5.41) is -0.453. The number of hydrogen-bond donors (Lipinski definition) is 0. The zero-order valence-electron chi connectivity index (χ0n) is 13.4. The number of amides is 2. The van der Waals surface area contributed by atoms with E-state index in [9.17, 15) is 14.4 Å². The van der Waals surface area contributed by atoms with Gasteiger partial charge >= 0.3 is 5.97 Å². The van der Waals surface area contributed by atoms with Crippen molar-refractivity contribution in [1.29, 1.82) is 0 Å². The lowest BCUT2D eigenvalue weighted by Gasteiger charge is -2.17. The molecule has 6 nitrogen and oxygen atoms in total. The number of anilines is 1. The van der Waals surface area contributed by atoms with Crippen LogP contribution in [0, 0.1) is 0 Å². The Morgan fingerprint density at radius 3 is 2.50 bits per heavy atom. The Balaban J connectivity index is 1.72. The van der Waals surface area contributed by atoms with Crippen molar-refractivity contribution in [3.63, 3.8) is 0 Å². The number of thioether (sulfide) groups is 1. The van der Waals surface area contributed by atoms with Crippen LogP contribution in [0.2, 0.25) is 0 Å². The highest BCUT2D eigenvalue weighted by Crippen LogP contribution is 2.32. The maximum atomic E-state index is 12.2. The summed E-state index contributed by atoms with van der Waals surface area (Å²) in [6.07, 6.45) is 4.11. The molecule has 0 unspecified atom stereocenters. The van der Waals surface area contributed by atoms with Crippen LogP contribution in [0.5, 0.6) is 0 Å². The van der Waals surface area contributed by atoms with Gasteiger partial charge in [-0.25, -0.2) is 0 Å². The minimum atomic E-state index is -0.617. The molecule has 2 fully saturated rings. The summed E-state index contributed by atoms with van der Waals surface area (Å²) in [7, 11) is 1.22. The maximum absolute atomic E-state index is 12.2. The van der Waals surface area contributed by atoms with Gasteiger partial charge in [-0.1, -0.05) is 12.1 Å². The van der Waals surface area contributed by atoms with E-state index in [1.165, 1.54) is 25.6 Å². The van der Waals surface area contributed by atoms with Gasteiger partial charge in [-0.2, -0.15) is 0 Å². The van der Waals surface area contributed by atoms with Gasteiger partial charge in [-0.15, -0.1) is 0 Å². The molecule has 1 aromatic rings. The van der Waals surface area contributed by atoms with Crippen molar-refractivity contribution in [1.82, 2.24) is 4.90 Å². The highest BCUT2D eigenvalue weighted by molar-refractivity contribution is 8.18. The standard InChI is InChI=1S/C17H18N2O4S/c1-23-15(20)11-19-16(21)14(24-17(19)22)10-12-4-6-13(7-5-12)18-8-2-3-9-18/h4-7,10H,2-3,8-9,11H2,1H3/b14-10+. The van der Waals surface area contributed by atoms with Crippen molar-refractivity contribution in [2.75, 3.05) is 31.6 Å². The number of carbonyl (C=O) groups is 3. The first-order chi connectivity index (χ1) is 11.6. The van der Waals surface area contributed by atoms with Crippen LogP contribution in [-0.4, -0.2) is 48.8 Å². The van der Waals surface area contributed by atoms with Crippen LogP contribution in [0.3, 0.4) is 0 Å². The van der Waals surface area contributed by atoms with Gasteiger partial charge in [0.05, 0.1) is 12.0 Å². The fraction of sp³-hybridized carbons (Fsp3) is 0.353. The molecule has 2 heterocycles. The van der Waals surface area contributed by atoms with E-state index in [-0.39, 0.29) is 6.54 Å². The lowest BCUT2D eigenvalue weighted by molar-refractivity contribution is -0.143. The third kappa shape index (κ3) is 3.46. The monoisotopic (exact) mass is 346 g/mol. The number of hydrogen-bond acceptors (Lipinski definition) is 6. The van der Waals surface area contributed by atoms with Crippen LogP contribution in [0.1, 0.15) is 18.4 Å². The van der Waals surface area contributed by atoms with E-state index >= 15 is 0 Å². The molecule has 2 aliphatic rings. The van der Waals surface area contributed by atoms with E-state index in [0.717, 1.165) is 35.3 Å². The van der Waals surface area contributed by atoms with Crippen molar-refractivity contribution < 1.29 is 19.1 Å². The molecule has 0 N–H and O–H groups in total. The molecule has 0 spiro atoms. The Hall–Kier alpha value is -2.28. The minimum absolute atomic E-state index is 0.317. The van der Waals surface area contributed by atoms with Gasteiger partial charge in [-0.3, -0.25) is 19.3 Å². The van der Waals surface area contributed by atoms with Gasteiger partial charge in [-0.05, 0) is 48.4 Å². The molecule has 126 valence electrons. The highest BCUT2D eigenvalue weighted by Gasteiger charge is 2.36. The Labute approximate surface area is 144 Å². The number of nitrogens with zero attached hydrogens (tertiary/aromatic N) is 2. The summed E-state index contributed by atoms with van der Waals surface area (Å²) in [6, 6.07) is 7.91. The summed E-state index contributed by atoms with van der Waals surface area (Å²) >= 11 is 0.839.